The molecule has 0 aromatic rings. The number of carbonyl (C=O) groups excluding carboxylic acids is 2. The molecule has 0 spiro atoms. The van der Waals surface area contributed by atoms with Gasteiger partial charge in [0.15, 0.2) is 0 Å². The summed E-state index contributed by atoms with van der Waals surface area (Å²) in [5.41, 5.74) is -1.09. The lowest BCUT2D eigenvalue weighted by Crippen LogP contribution is -2.40. The SMILES string of the molecule is CCCNC(=O)CCNC(=O)CC(C)(C(=O)O)C(C)C. The van der Waals surface area contributed by atoms with Crippen molar-refractivity contribution in [3.8, 4) is 0 Å². The minimum absolute atomic E-state index is 0.0867. The van der Waals surface area contributed by atoms with E-state index in [-0.39, 0.29) is 37.1 Å². The summed E-state index contributed by atoms with van der Waals surface area (Å²) < 4.78 is 0. The molecule has 0 aliphatic heterocycles. The summed E-state index contributed by atoms with van der Waals surface area (Å²) in [6.45, 7) is 7.92. The van der Waals surface area contributed by atoms with E-state index in [9.17, 15) is 19.5 Å². The van der Waals surface area contributed by atoms with Gasteiger partial charge in [-0.1, -0.05) is 20.8 Å². The van der Waals surface area contributed by atoms with Gasteiger partial charge in [-0.15, -0.1) is 0 Å². The third kappa shape index (κ3) is 6.04. The number of hydrogen-bond acceptors (Lipinski definition) is 3. The van der Waals surface area contributed by atoms with Gasteiger partial charge in [0.05, 0.1) is 5.41 Å². The Labute approximate surface area is 120 Å². The first-order chi connectivity index (χ1) is 9.24. The number of nitrogens with one attached hydrogen (secondary N) is 2. The van der Waals surface area contributed by atoms with Crippen LogP contribution in [0.15, 0.2) is 0 Å². The highest BCUT2D eigenvalue weighted by atomic mass is 16.4. The maximum atomic E-state index is 11.8. The van der Waals surface area contributed by atoms with Crippen LogP contribution in [0.1, 0.15) is 47.0 Å². The van der Waals surface area contributed by atoms with Gasteiger partial charge in [0.1, 0.15) is 0 Å². The van der Waals surface area contributed by atoms with E-state index in [4.69, 9.17) is 0 Å². The molecule has 0 fully saturated rings. The number of hydrogen-bond donors (Lipinski definition) is 3. The lowest BCUT2D eigenvalue weighted by Gasteiger charge is -2.28. The van der Waals surface area contributed by atoms with Crippen LogP contribution in [-0.2, 0) is 14.4 Å². The fourth-order valence-corrected chi connectivity index (χ4v) is 1.59. The molecule has 0 saturated carbocycles. The van der Waals surface area contributed by atoms with Crippen LogP contribution in [0.3, 0.4) is 0 Å². The quantitative estimate of drug-likeness (QED) is 0.592. The van der Waals surface area contributed by atoms with Crippen molar-refractivity contribution in [1.29, 1.82) is 0 Å². The predicted octanol–water partition coefficient (Wildman–Crippen LogP) is 1.16. The Kier molecular flexibility index (Phi) is 7.87. The molecule has 0 rings (SSSR count). The molecule has 0 aliphatic rings. The molecule has 0 bridgehead atoms. The van der Waals surface area contributed by atoms with E-state index in [1.54, 1.807) is 20.8 Å². The molecule has 0 saturated heterocycles. The van der Waals surface area contributed by atoms with Crippen LogP contribution >= 0.6 is 0 Å². The molecule has 3 N–H and O–H groups in total. The van der Waals surface area contributed by atoms with E-state index < -0.39 is 11.4 Å². The lowest BCUT2D eigenvalue weighted by atomic mass is 9.76. The summed E-state index contributed by atoms with van der Waals surface area (Å²) in [4.78, 5) is 34.3. The fraction of sp³-hybridized carbons (Fsp3) is 0.786. The van der Waals surface area contributed by atoms with Crippen LogP contribution in [0.5, 0.6) is 0 Å². The topological polar surface area (TPSA) is 95.5 Å². The molecule has 0 aliphatic carbocycles. The molecular weight excluding hydrogens is 260 g/mol. The molecule has 1 unspecified atom stereocenters. The number of carboxylic acids is 1. The van der Waals surface area contributed by atoms with Gasteiger partial charge >= 0.3 is 5.97 Å². The molecule has 1 atom stereocenters. The van der Waals surface area contributed by atoms with Gasteiger partial charge in [-0.3, -0.25) is 14.4 Å². The minimum atomic E-state index is -1.09. The number of rotatable bonds is 9. The average molecular weight is 286 g/mol. The van der Waals surface area contributed by atoms with Crippen molar-refractivity contribution in [1.82, 2.24) is 10.6 Å². The molecular formula is C14H26N2O4. The van der Waals surface area contributed by atoms with Gasteiger partial charge in [-0.05, 0) is 19.3 Å². The first-order valence-electron chi connectivity index (χ1n) is 7.00. The summed E-state index contributed by atoms with van der Waals surface area (Å²) >= 11 is 0. The molecule has 116 valence electrons. The van der Waals surface area contributed by atoms with Gasteiger partial charge in [-0.2, -0.15) is 0 Å². The Morgan fingerprint density at radius 1 is 1.10 bits per heavy atom. The second-order valence-corrected chi connectivity index (χ2v) is 5.50. The highest BCUT2D eigenvalue weighted by Gasteiger charge is 2.38. The normalized spacial score (nSPS) is 13.7. The maximum Gasteiger partial charge on any atom is 0.310 e. The molecule has 0 radical (unpaired) electrons. The zero-order valence-electron chi connectivity index (χ0n) is 12.8. The molecule has 6 heteroatoms. The van der Waals surface area contributed by atoms with E-state index in [2.05, 4.69) is 10.6 Å². The predicted molar refractivity (Wildman–Crippen MR) is 76.1 cm³/mol. The highest BCUT2D eigenvalue weighted by molar-refractivity contribution is 5.85. The fourth-order valence-electron chi connectivity index (χ4n) is 1.59. The Bertz CT molecular complexity index is 355. The Morgan fingerprint density at radius 2 is 1.65 bits per heavy atom. The van der Waals surface area contributed by atoms with Crippen LogP contribution < -0.4 is 10.6 Å². The highest BCUT2D eigenvalue weighted by Crippen LogP contribution is 2.31. The van der Waals surface area contributed by atoms with E-state index in [1.165, 1.54) is 0 Å². The Hall–Kier alpha value is -1.59. The second-order valence-electron chi connectivity index (χ2n) is 5.50. The van der Waals surface area contributed by atoms with Crippen molar-refractivity contribution in [3.63, 3.8) is 0 Å². The summed E-state index contributed by atoms with van der Waals surface area (Å²) in [5, 5.41) is 14.5. The van der Waals surface area contributed by atoms with Crippen LogP contribution in [-0.4, -0.2) is 36.0 Å². The van der Waals surface area contributed by atoms with E-state index in [0.717, 1.165) is 6.42 Å². The number of aliphatic carboxylic acids is 1. The Morgan fingerprint density at radius 3 is 2.10 bits per heavy atom. The number of carboxylic acid groups (broad SMARTS) is 1. The van der Waals surface area contributed by atoms with E-state index >= 15 is 0 Å². The van der Waals surface area contributed by atoms with E-state index in [1.807, 2.05) is 6.92 Å². The van der Waals surface area contributed by atoms with Gasteiger partial charge in [-0.25, -0.2) is 0 Å². The van der Waals surface area contributed by atoms with Crippen LogP contribution in [0.2, 0.25) is 0 Å². The Balaban J connectivity index is 4.17. The summed E-state index contributed by atoms with van der Waals surface area (Å²) in [6.07, 6.45) is 0.983. The molecule has 2 amide bonds. The monoisotopic (exact) mass is 286 g/mol. The van der Waals surface area contributed by atoms with Crippen LogP contribution in [0, 0.1) is 11.3 Å². The first-order valence-corrected chi connectivity index (χ1v) is 7.00. The first kappa shape index (κ1) is 18.4. The van der Waals surface area contributed by atoms with Crippen molar-refractivity contribution in [2.45, 2.75) is 47.0 Å². The van der Waals surface area contributed by atoms with Gasteiger partial charge < -0.3 is 15.7 Å². The largest absolute Gasteiger partial charge is 0.481 e. The van der Waals surface area contributed by atoms with Crippen molar-refractivity contribution in [2.24, 2.45) is 11.3 Å². The lowest BCUT2D eigenvalue weighted by molar-refractivity contribution is -0.153. The zero-order chi connectivity index (χ0) is 15.8. The van der Waals surface area contributed by atoms with E-state index in [0.29, 0.717) is 6.54 Å². The molecule has 0 aromatic carbocycles. The van der Waals surface area contributed by atoms with Gasteiger partial charge in [0.25, 0.3) is 0 Å². The molecule has 0 aromatic heterocycles. The molecule has 20 heavy (non-hydrogen) atoms. The third-order valence-corrected chi connectivity index (χ3v) is 3.54. The van der Waals surface area contributed by atoms with Crippen molar-refractivity contribution in [2.75, 3.05) is 13.1 Å². The second kappa shape index (κ2) is 8.55. The standard InChI is InChI=1S/C14H26N2O4/c1-5-7-15-11(17)6-8-16-12(18)9-14(4,10(2)3)13(19)20/h10H,5-9H2,1-4H3,(H,15,17)(H,16,18)(H,19,20). The molecule has 6 nitrogen and oxygen atoms in total. The van der Waals surface area contributed by atoms with Crippen molar-refractivity contribution in [3.05, 3.63) is 0 Å². The van der Waals surface area contributed by atoms with Crippen molar-refractivity contribution < 1.29 is 19.5 Å². The van der Waals surface area contributed by atoms with Crippen LogP contribution in [0.4, 0.5) is 0 Å². The third-order valence-electron chi connectivity index (χ3n) is 3.54. The van der Waals surface area contributed by atoms with Crippen LogP contribution in [0.25, 0.3) is 0 Å². The maximum absolute atomic E-state index is 11.8. The average Bonchev–Trinajstić information content (AvgIpc) is 2.35. The van der Waals surface area contributed by atoms with Gasteiger partial charge in [0.2, 0.25) is 11.8 Å². The minimum Gasteiger partial charge on any atom is -0.481 e. The number of amides is 2. The van der Waals surface area contributed by atoms with Crippen molar-refractivity contribution >= 4 is 17.8 Å². The summed E-state index contributed by atoms with van der Waals surface area (Å²) in [5.74, 6) is -1.59. The molecule has 0 heterocycles. The summed E-state index contributed by atoms with van der Waals surface area (Å²) in [6, 6.07) is 0. The summed E-state index contributed by atoms with van der Waals surface area (Å²) in [7, 11) is 0. The zero-order valence-corrected chi connectivity index (χ0v) is 12.8. The smallest absolute Gasteiger partial charge is 0.310 e. The van der Waals surface area contributed by atoms with Gasteiger partial charge in [0, 0.05) is 25.9 Å². The number of carbonyl (C=O) groups is 3.